The van der Waals surface area contributed by atoms with Crippen molar-refractivity contribution in [3.05, 3.63) is 64.0 Å². The van der Waals surface area contributed by atoms with Crippen LogP contribution in [0.15, 0.2) is 30.3 Å². The second-order valence-electron chi connectivity index (χ2n) is 5.21. The van der Waals surface area contributed by atoms with Gasteiger partial charge in [0.25, 0.3) is 0 Å². The third kappa shape index (κ3) is 3.40. The van der Waals surface area contributed by atoms with Crippen LogP contribution in [0.25, 0.3) is 6.08 Å². The van der Waals surface area contributed by atoms with Crippen molar-refractivity contribution >= 4 is 17.8 Å². The molecule has 0 aliphatic rings. The molecule has 0 spiro atoms. The summed E-state index contributed by atoms with van der Waals surface area (Å²) in [5.41, 5.74) is -0.346. The Hall–Kier alpha value is -2.83. The number of aromatic nitrogens is 1. The topological polar surface area (TPSA) is 70.2 Å². The number of hydrogen-bond acceptors (Lipinski definition) is 2. The Morgan fingerprint density at radius 3 is 2.33 bits per heavy atom. The fourth-order valence-electron chi connectivity index (χ4n) is 2.48. The summed E-state index contributed by atoms with van der Waals surface area (Å²) in [6.45, 7) is 3.00. The van der Waals surface area contributed by atoms with Crippen LogP contribution < -0.4 is 0 Å². The van der Waals surface area contributed by atoms with Crippen LogP contribution >= 0.6 is 0 Å². The molecule has 1 aromatic carbocycles. The van der Waals surface area contributed by atoms with Crippen molar-refractivity contribution in [2.75, 3.05) is 0 Å². The Morgan fingerprint density at radius 1 is 1.17 bits per heavy atom. The number of aryl methyl sites for hydroxylation is 1. The fraction of sp³-hybridized carbons (Fsp3) is 0.176. The van der Waals surface area contributed by atoms with Gasteiger partial charge in [-0.05, 0) is 37.1 Å². The average Bonchev–Trinajstić information content (AvgIpc) is 2.79. The zero-order valence-electron chi connectivity index (χ0n) is 12.9. The number of H-pyrrole nitrogens is 1. The van der Waals surface area contributed by atoms with E-state index in [2.05, 4.69) is 4.98 Å². The molecule has 0 saturated carbocycles. The Labute approximate surface area is 135 Å². The standard InChI is InChI=1S/C17H14F3NO3/c1-9-14(10(2)21-15(9)16(23)24)13(22)8-7-11-5-3-4-6-12(11)17(18,19)20/h3-8,21H,1-2H3,(H,23,24)/b8-7+. The van der Waals surface area contributed by atoms with Crippen LogP contribution in [0.1, 0.15) is 43.2 Å². The fourth-order valence-corrected chi connectivity index (χ4v) is 2.48. The van der Waals surface area contributed by atoms with Crippen molar-refractivity contribution in [1.29, 1.82) is 0 Å². The van der Waals surface area contributed by atoms with Gasteiger partial charge in [-0.1, -0.05) is 24.3 Å². The summed E-state index contributed by atoms with van der Waals surface area (Å²) < 4.78 is 38.8. The molecule has 4 nitrogen and oxygen atoms in total. The van der Waals surface area contributed by atoms with Crippen molar-refractivity contribution in [2.45, 2.75) is 20.0 Å². The summed E-state index contributed by atoms with van der Waals surface area (Å²) in [6, 6.07) is 4.89. The molecule has 1 heterocycles. The maximum absolute atomic E-state index is 12.9. The molecule has 126 valence electrons. The molecule has 7 heteroatoms. The van der Waals surface area contributed by atoms with Crippen LogP contribution in [-0.2, 0) is 6.18 Å². The molecule has 0 unspecified atom stereocenters. The lowest BCUT2D eigenvalue weighted by Gasteiger charge is -2.09. The molecule has 2 rings (SSSR count). The Bertz CT molecular complexity index is 832. The number of carbonyl (C=O) groups is 2. The molecule has 0 amide bonds. The summed E-state index contributed by atoms with van der Waals surface area (Å²) in [4.78, 5) is 25.9. The number of aromatic carboxylic acids is 1. The van der Waals surface area contributed by atoms with Crippen LogP contribution in [0, 0.1) is 13.8 Å². The Kier molecular flexibility index (Phi) is 4.64. The second kappa shape index (κ2) is 6.35. The number of ketones is 1. The normalized spacial score (nSPS) is 11.9. The molecular weight excluding hydrogens is 323 g/mol. The van der Waals surface area contributed by atoms with Gasteiger partial charge in [0, 0.05) is 11.3 Å². The lowest BCUT2D eigenvalue weighted by Crippen LogP contribution is -2.07. The minimum atomic E-state index is -4.53. The average molecular weight is 337 g/mol. The van der Waals surface area contributed by atoms with E-state index in [1.165, 1.54) is 32.0 Å². The number of benzene rings is 1. The molecule has 0 aliphatic heterocycles. The van der Waals surface area contributed by atoms with Gasteiger partial charge in [0.2, 0.25) is 0 Å². The number of carboxylic acid groups (broad SMARTS) is 1. The number of hydrogen-bond donors (Lipinski definition) is 2. The third-order valence-electron chi connectivity index (χ3n) is 3.58. The summed E-state index contributed by atoms with van der Waals surface area (Å²) in [5, 5.41) is 9.03. The Morgan fingerprint density at radius 2 is 1.79 bits per heavy atom. The van der Waals surface area contributed by atoms with E-state index >= 15 is 0 Å². The molecule has 0 aliphatic carbocycles. The number of aromatic amines is 1. The van der Waals surface area contributed by atoms with Gasteiger partial charge in [-0.25, -0.2) is 4.79 Å². The van der Waals surface area contributed by atoms with E-state index < -0.39 is 23.5 Å². The second-order valence-corrected chi connectivity index (χ2v) is 5.21. The van der Waals surface area contributed by atoms with Crippen molar-refractivity contribution < 1.29 is 27.9 Å². The lowest BCUT2D eigenvalue weighted by molar-refractivity contribution is -0.137. The summed E-state index contributed by atoms with van der Waals surface area (Å²) in [7, 11) is 0. The monoisotopic (exact) mass is 337 g/mol. The van der Waals surface area contributed by atoms with Crippen LogP contribution in [0.2, 0.25) is 0 Å². The number of rotatable bonds is 4. The number of allylic oxidation sites excluding steroid dienone is 1. The van der Waals surface area contributed by atoms with E-state index in [-0.39, 0.29) is 22.4 Å². The van der Waals surface area contributed by atoms with Gasteiger partial charge in [-0.15, -0.1) is 0 Å². The molecule has 0 saturated heterocycles. The molecule has 1 aromatic heterocycles. The smallest absolute Gasteiger partial charge is 0.416 e. The van der Waals surface area contributed by atoms with E-state index in [1.807, 2.05) is 0 Å². The summed E-state index contributed by atoms with van der Waals surface area (Å²) in [5.74, 6) is -1.77. The van der Waals surface area contributed by atoms with Crippen molar-refractivity contribution in [3.8, 4) is 0 Å². The van der Waals surface area contributed by atoms with Gasteiger partial charge in [-0.2, -0.15) is 13.2 Å². The highest BCUT2D eigenvalue weighted by Crippen LogP contribution is 2.32. The van der Waals surface area contributed by atoms with Gasteiger partial charge in [-0.3, -0.25) is 4.79 Å². The van der Waals surface area contributed by atoms with Crippen LogP contribution in [-0.4, -0.2) is 21.8 Å². The zero-order valence-corrected chi connectivity index (χ0v) is 12.9. The molecule has 2 aromatic rings. The first-order valence-corrected chi connectivity index (χ1v) is 6.94. The van der Waals surface area contributed by atoms with Crippen molar-refractivity contribution in [1.82, 2.24) is 4.98 Å². The molecule has 24 heavy (non-hydrogen) atoms. The Balaban J connectivity index is 2.39. The summed E-state index contributed by atoms with van der Waals surface area (Å²) in [6.07, 6.45) is -2.43. The number of halogens is 3. The zero-order chi connectivity index (χ0) is 18.1. The van der Waals surface area contributed by atoms with E-state index in [0.29, 0.717) is 5.69 Å². The highest BCUT2D eigenvalue weighted by molar-refractivity contribution is 6.10. The molecule has 2 N–H and O–H groups in total. The van der Waals surface area contributed by atoms with Gasteiger partial charge in [0.05, 0.1) is 5.56 Å². The quantitative estimate of drug-likeness (QED) is 0.647. The molecular formula is C17H14F3NO3. The van der Waals surface area contributed by atoms with Gasteiger partial charge in [0.15, 0.2) is 5.78 Å². The van der Waals surface area contributed by atoms with Gasteiger partial charge < -0.3 is 10.1 Å². The molecule has 0 fully saturated rings. The highest BCUT2D eigenvalue weighted by Gasteiger charge is 2.32. The van der Waals surface area contributed by atoms with Gasteiger partial charge in [0.1, 0.15) is 5.69 Å². The molecule has 0 bridgehead atoms. The van der Waals surface area contributed by atoms with Crippen LogP contribution in [0.3, 0.4) is 0 Å². The third-order valence-corrected chi connectivity index (χ3v) is 3.58. The minimum Gasteiger partial charge on any atom is -0.477 e. The van der Waals surface area contributed by atoms with Crippen molar-refractivity contribution in [2.24, 2.45) is 0 Å². The molecule has 0 radical (unpaired) electrons. The number of carbonyl (C=O) groups excluding carboxylic acids is 1. The van der Waals surface area contributed by atoms with E-state index in [9.17, 15) is 22.8 Å². The number of carboxylic acids is 1. The summed E-state index contributed by atoms with van der Waals surface area (Å²) >= 11 is 0. The van der Waals surface area contributed by atoms with E-state index in [1.54, 1.807) is 0 Å². The predicted molar refractivity (Wildman–Crippen MR) is 82.0 cm³/mol. The maximum Gasteiger partial charge on any atom is 0.416 e. The molecule has 0 atom stereocenters. The van der Waals surface area contributed by atoms with Crippen LogP contribution in [0.4, 0.5) is 13.2 Å². The SMILES string of the molecule is Cc1[nH]c(C(=O)O)c(C)c1C(=O)/C=C/c1ccccc1C(F)(F)F. The van der Waals surface area contributed by atoms with Gasteiger partial charge >= 0.3 is 12.1 Å². The number of alkyl halides is 3. The maximum atomic E-state index is 12.9. The van der Waals surface area contributed by atoms with E-state index in [0.717, 1.165) is 18.2 Å². The van der Waals surface area contributed by atoms with Crippen LogP contribution in [0.5, 0.6) is 0 Å². The first kappa shape index (κ1) is 17.5. The first-order valence-electron chi connectivity index (χ1n) is 6.94. The lowest BCUT2D eigenvalue weighted by atomic mass is 10.0. The first-order chi connectivity index (χ1) is 11.1. The van der Waals surface area contributed by atoms with E-state index in [4.69, 9.17) is 5.11 Å². The largest absolute Gasteiger partial charge is 0.477 e. The number of nitrogens with one attached hydrogen (secondary N) is 1. The minimum absolute atomic E-state index is 0.111. The highest BCUT2D eigenvalue weighted by atomic mass is 19.4. The predicted octanol–water partition coefficient (Wildman–Crippen LogP) is 4.24. The van der Waals surface area contributed by atoms with Crippen molar-refractivity contribution in [3.63, 3.8) is 0 Å².